The first kappa shape index (κ1) is 17.4. The predicted molar refractivity (Wildman–Crippen MR) is 89.0 cm³/mol. The zero-order chi connectivity index (χ0) is 17.2. The minimum atomic E-state index is -0.448. The second-order valence-electron chi connectivity index (χ2n) is 7.01. The summed E-state index contributed by atoms with van der Waals surface area (Å²) in [5, 5.41) is 5.91. The summed E-state index contributed by atoms with van der Waals surface area (Å²) < 4.78 is 0. The van der Waals surface area contributed by atoms with Gasteiger partial charge in [-0.05, 0) is 31.4 Å². The summed E-state index contributed by atoms with van der Waals surface area (Å²) in [6.07, 6.45) is 1.05. The molecule has 126 valence electrons. The van der Waals surface area contributed by atoms with Gasteiger partial charge in [-0.25, -0.2) is 0 Å². The van der Waals surface area contributed by atoms with Crippen LogP contribution in [0.4, 0.5) is 0 Å². The third-order valence-electron chi connectivity index (χ3n) is 4.08. The number of fused-ring (bicyclic) bond motifs is 1. The van der Waals surface area contributed by atoms with Crippen molar-refractivity contribution in [1.82, 2.24) is 15.6 Å². The van der Waals surface area contributed by atoms with Crippen LogP contribution >= 0.6 is 0 Å². The van der Waals surface area contributed by atoms with Crippen LogP contribution in [0.15, 0.2) is 10.9 Å². The van der Waals surface area contributed by atoms with Crippen LogP contribution in [-0.2, 0) is 6.42 Å². The number of ketones is 1. The number of nitrogens with one attached hydrogen (secondary N) is 3. The molecule has 1 aromatic heterocycles. The maximum Gasteiger partial charge on any atom is 0.261 e. The van der Waals surface area contributed by atoms with E-state index in [0.29, 0.717) is 30.6 Å². The Bertz CT molecular complexity index is 676. The number of rotatable bonds is 5. The molecule has 0 saturated heterocycles. The van der Waals surface area contributed by atoms with Crippen molar-refractivity contribution in [3.63, 3.8) is 0 Å². The van der Waals surface area contributed by atoms with Crippen LogP contribution < -0.4 is 16.2 Å². The average Bonchev–Trinajstić information content (AvgIpc) is 2.43. The van der Waals surface area contributed by atoms with Gasteiger partial charge in [0.15, 0.2) is 5.78 Å². The number of carbonyl (C=O) groups excluding carboxylic acids is 2. The second kappa shape index (κ2) is 6.66. The molecule has 0 bridgehead atoms. The van der Waals surface area contributed by atoms with Crippen LogP contribution in [0, 0.1) is 5.41 Å². The Morgan fingerprint density at radius 3 is 2.70 bits per heavy atom. The Labute approximate surface area is 136 Å². The summed E-state index contributed by atoms with van der Waals surface area (Å²) in [6.45, 7) is 9.15. The van der Waals surface area contributed by atoms with Crippen molar-refractivity contribution in [2.45, 2.75) is 46.6 Å². The first-order chi connectivity index (χ1) is 10.7. The summed E-state index contributed by atoms with van der Waals surface area (Å²) in [5.41, 5.74) is 0.490. The molecule has 23 heavy (non-hydrogen) atoms. The van der Waals surface area contributed by atoms with Gasteiger partial charge in [0.2, 0.25) is 0 Å². The first-order valence-corrected chi connectivity index (χ1v) is 8.04. The Hall–Kier alpha value is -1.95. The number of H-pyrrole nitrogens is 1. The van der Waals surface area contributed by atoms with Gasteiger partial charge in [0.25, 0.3) is 11.5 Å². The van der Waals surface area contributed by atoms with Crippen molar-refractivity contribution in [1.29, 1.82) is 0 Å². The van der Waals surface area contributed by atoms with Gasteiger partial charge in [0, 0.05) is 30.3 Å². The lowest BCUT2D eigenvalue weighted by molar-refractivity contribution is 0.0910. The molecule has 1 aliphatic rings. The maximum atomic E-state index is 12.3. The number of hydrogen-bond donors (Lipinski definition) is 3. The Morgan fingerprint density at radius 1 is 1.35 bits per heavy atom. The lowest BCUT2D eigenvalue weighted by Gasteiger charge is -2.29. The molecule has 0 aromatic carbocycles. The monoisotopic (exact) mass is 319 g/mol. The summed E-state index contributed by atoms with van der Waals surface area (Å²) in [5.74, 6) is -0.473. The first-order valence-electron chi connectivity index (χ1n) is 8.04. The highest BCUT2D eigenvalue weighted by atomic mass is 16.2. The van der Waals surface area contributed by atoms with E-state index in [2.05, 4.69) is 15.6 Å². The maximum absolute atomic E-state index is 12.3. The third-order valence-corrected chi connectivity index (χ3v) is 4.08. The summed E-state index contributed by atoms with van der Waals surface area (Å²) in [6, 6.07) is 1.56. The van der Waals surface area contributed by atoms with E-state index >= 15 is 0 Å². The number of hydrogen-bond acceptors (Lipinski definition) is 4. The Kier molecular flexibility index (Phi) is 5.04. The quantitative estimate of drug-likeness (QED) is 0.762. The van der Waals surface area contributed by atoms with Crippen molar-refractivity contribution in [3.8, 4) is 0 Å². The third kappa shape index (κ3) is 4.07. The molecule has 6 nitrogen and oxygen atoms in total. The number of amides is 1. The molecule has 0 saturated carbocycles. The average molecular weight is 319 g/mol. The van der Waals surface area contributed by atoms with E-state index in [0.717, 1.165) is 6.54 Å². The highest BCUT2D eigenvalue weighted by Crippen LogP contribution is 2.33. The number of likely N-dealkylation sites (N-methyl/N-ethyl adjacent to an activating group) is 1. The molecule has 1 aliphatic carbocycles. The van der Waals surface area contributed by atoms with Crippen LogP contribution in [0.25, 0.3) is 0 Å². The van der Waals surface area contributed by atoms with Crippen LogP contribution in [0.3, 0.4) is 0 Å². The fourth-order valence-corrected chi connectivity index (χ4v) is 2.96. The number of pyridine rings is 1. The molecule has 6 heteroatoms. The van der Waals surface area contributed by atoms with Gasteiger partial charge < -0.3 is 15.6 Å². The Morgan fingerprint density at radius 2 is 2.04 bits per heavy atom. The minimum absolute atomic E-state index is 0.000467. The summed E-state index contributed by atoms with van der Waals surface area (Å²) in [7, 11) is 0. The highest BCUT2D eigenvalue weighted by molar-refractivity contribution is 6.02. The molecule has 0 radical (unpaired) electrons. The van der Waals surface area contributed by atoms with E-state index in [1.807, 2.05) is 27.7 Å². The number of aromatic amines is 1. The van der Waals surface area contributed by atoms with Gasteiger partial charge in [-0.2, -0.15) is 0 Å². The van der Waals surface area contributed by atoms with Crippen LogP contribution in [-0.4, -0.2) is 35.8 Å². The predicted octanol–water partition coefficient (Wildman–Crippen LogP) is 1.26. The standard InChI is InChI=1S/C17H25N3O3/c1-5-18-10(2)9-19-15(22)12-6-11-13(20-16(12)23)7-17(3,4)8-14(11)21/h6,10,18H,5,7-9H2,1-4H3,(H,19,22)(H,20,23)/t10-/m1/s1. The molecular formula is C17H25N3O3. The van der Waals surface area contributed by atoms with E-state index in [1.165, 1.54) is 6.07 Å². The van der Waals surface area contributed by atoms with E-state index in [1.54, 1.807) is 0 Å². The van der Waals surface area contributed by atoms with Crippen molar-refractivity contribution in [3.05, 3.63) is 33.2 Å². The van der Waals surface area contributed by atoms with Crippen molar-refractivity contribution in [2.75, 3.05) is 13.1 Å². The molecule has 2 rings (SSSR count). The van der Waals surface area contributed by atoms with E-state index in [-0.39, 0.29) is 22.8 Å². The SMILES string of the molecule is CCN[C@H](C)CNC(=O)c1cc2c([nH]c1=O)CC(C)(C)CC2=O. The molecule has 0 fully saturated rings. The van der Waals surface area contributed by atoms with Gasteiger partial charge in [-0.1, -0.05) is 20.8 Å². The van der Waals surface area contributed by atoms with Gasteiger partial charge in [0.1, 0.15) is 5.56 Å². The lowest BCUT2D eigenvalue weighted by atomic mass is 9.75. The normalized spacial score (nSPS) is 17.5. The Balaban J connectivity index is 2.22. The van der Waals surface area contributed by atoms with Gasteiger partial charge in [-0.15, -0.1) is 0 Å². The van der Waals surface area contributed by atoms with Gasteiger partial charge in [-0.3, -0.25) is 14.4 Å². The molecule has 3 N–H and O–H groups in total. The summed E-state index contributed by atoms with van der Waals surface area (Å²) in [4.78, 5) is 39.4. The molecule has 1 atom stereocenters. The number of carbonyl (C=O) groups is 2. The number of Topliss-reactive ketones (excluding diaryl/α,β-unsaturated/α-hetero) is 1. The second-order valence-corrected chi connectivity index (χ2v) is 7.01. The fraction of sp³-hybridized carbons (Fsp3) is 0.588. The van der Waals surface area contributed by atoms with E-state index < -0.39 is 11.5 Å². The molecule has 0 spiro atoms. The fourth-order valence-electron chi connectivity index (χ4n) is 2.96. The smallest absolute Gasteiger partial charge is 0.261 e. The van der Waals surface area contributed by atoms with Crippen LogP contribution in [0.1, 0.15) is 60.5 Å². The van der Waals surface area contributed by atoms with Crippen LogP contribution in [0.2, 0.25) is 0 Å². The zero-order valence-electron chi connectivity index (χ0n) is 14.2. The minimum Gasteiger partial charge on any atom is -0.350 e. The number of aromatic nitrogens is 1. The van der Waals surface area contributed by atoms with Crippen molar-refractivity contribution in [2.24, 2.45) is 5.41 Å². The van der Waals surface area contributed by atoms with Gasteiger partial charge in [0.05, 0.1) is 0 Å². The van der Waals surface area contributed by atoms with E-state index in [4.69, 9.17) is 0 Å². The molecular weight excluding hydrogens is 294 g/mol. The summed E-state index contributed by atoms with van der Waals surface area (Å²) >= 11 is 0. The molecule has 0 unspecified atom stereocenters. The highest BCUT2D eigenvalue weighted by Gasteiger charge is 2.32. The van der Waals surface area contributed by atoms with Crippen LogP contribution in [0.5, 0.6) is 0 Å². The van der Waals surface area contributed by atoms with E-state index in [9.17, 15) is 14.4 Å². The van der Waals surface area contributed by atoms with Crippen molar-refractivity contribution < 1.29 is 9.59 Å². The molecule has 1 amide bonds. The largest absolute Gasteiger partial charge is 0.350 e. The molecule has 1 heterocycles. The topological polar surface area (TPSA) is 91.1 Å². The molecule has 0 aliphatic heterocycles. The zero-order valence-corrected chi connectivity index (χ0v) is 14.2. The molecule has 1 aromatic rings. The van der Waals surface area contributed by atoms with Crippen molar-refractivity contribution >= 4 is 11.7 Å². The van der Waals surface area contributed by atoms with Gasteiger partial charge >= 0.3 is 0 Å². The lowest BCUT2D eigenvalue weighted by Crippen LogP contribution is -2.41.